The van der Waals surface area contributed by atoms with E-state index in [9.17, 15) is 9.90 Å². The van der Waals surface area contributed by atoms with Gasteiger partial charge >= 0.3 is 0 Å². The Morgan fingerprint density at radius 2 is 2.08 bits per heavy atom. The molecular formula is C18H14BrClN4O2. The van der Waals surface area contributed by atoms with E-state index in [1.807, 2.05) is 12.1 Å². The summed E-state index contributed by atoms with van der Waals surface area (Å²) in [5.41, 5.74) is 4.32. The van der Waals surface area contributed by atoms with E-state index in [4.69, 9.17) is 11.6 Å². The molecule has 3 aromatic rings. The molecule has 8 heteroatoms. The quantitative estimate of drug-likeness (QED) is 0.474. The van der Waals surface area contributed by atoms with E-state index in [-0.39, 0.29) is 11.4 Å². The number of phenolic OH excluding ortho intramolecular Hbond substituents is 1. The van der Waals surface area contributed by atoms with Gasteiger partial charge in [-0.3, -0.25) is 9.48 Å². The lowest BCUT2D eigenvalue weighted by atomic mass is 10.2. The van der Waals surface area contributed by atoms with Gasteiger partial charge in [0.15, 0.2) is 5.69 Å². The van der Waals surface area contributed by atoms with Crippen molar-refractivity contribution in [3.8, 4) is 5.75 Å². The number of phenols is 1. The molecule has 0 unspecified atom stereocenters. The van der Waals surface area contributed by atoms with Crippen LogP contribution in [0.15, 0.2) is 64.3 Å². The molecule has 0 bridgehead atoms. The van der Waals surface area contributed by atoms with Crippen molar-refractivity contribution in [3.05, 3.63) is 81.0 Å². The van der Waals surface area contributed by atoms with E-state index < -0.39 is 5.91 Å². The minimum atomic E-state index is -0.442. The van der Waals surface area contributed by atoms with Crippen LogP contribution in [0.25, 0.3) is 0 Å². The number of halogens is 2. The maximum absolute atomic E-state index is 12.2. The zero-order valence-corrected chi connectivity index (χ0v) is 15.8. The number of nitrogens with zero attached hydrogens (tertiary/aromatic N) is 3. The van der Waals surface area contributed by atoms with Crippen molar-refractivity contribution in [2.45, 2.75) is 6.54 Å². The Morgan fingerprint density at radius 3 is 2.81 bits per heavy atom. The SMILES string of the molecule is O=C(N/N=C\c1cccc(O)c1)c1nn(Cc2ccc(Cl)cc2)cc1Br. The van der Waals surface area contributed by atoms with Crippen molar-refractivity contribution in [1.82, 2.24) is 15.2 Å². The first-order valence-electron chi connectivity index (χ1n) is 7.61. The van der Waals surface area contributed by atoms with Crippen molar-refractivity contribution in [2.24, 2.45) is 5.10 Å². The van der Waals surface area contributed by atoms with Gasteiger partial charge in [0.05, 0.1) is 17.2 Å². The number of hydrogen-bond donors (Lipinski definition) is 2. The largest absolute Gasteiger partial charge is 0.508 e. The van der Waals surface area contributed by atoms with Crippen molar-refractivity contribution in [2.75, 3.05) is 0 Å². The lowest BCUT2D eigenvalue weighted by Crippen LogP contribution is -2.19. The van der Waals surface area contributed by atoms with Crippen LogP contribution in [0.3, 0.4) is 0 Å². The number of carbonyl (C=O) groups is 1. The third kappa shape index (κ3) is 4.71. The minimum absolute atomic E-state index is 0.129. The van der Waals surface area contributed by atoms with E-state index in [1.54, 1.807) is 41.2 Å². The summed E-state index contributed by atoms with van der Waals surface area (Å²) in [7, 11) is 0. The summed E-state index contributed by atoms with van der Waals surface area (Å²) < 4.78 is 2.22. The number of hydrogen-bond acceptors (Lipinski definition) is 4. The summed E-state index contributed by atoms with van der Waals surface area (Å²) in [5.74, 6) is -0.313. The molecule has 6 nitrogen and oxygen atoms in total. The molecule has 1 amide bonds. The van der Waals surface area contributed by atoms with Crippen LogP contribution in [-0.2, 0) is 6.54 Å². The molecule has 0 spiro atoms. The van der Waals surface area contributed by atoms with Gasteiger partial charge in [-0.05, 0) is 51.3 Å². The second kappa shape index (κ2) is 8.16. The zero-order chi connectivity index (χ0) is 18.5. The van der Waals surface area contributed by atoms with Gasteiger partial charge in [0.25, 0.3) is 5.91 Å². The highest BCUT2D eigenvalue weighted by Crippen LogP contribution is 2.17. The van der Waals surface area contributed by atoms with Crippen LogP contribution in [-0.4, -0.2) is 27.0 Å². The molecule has 1 heterocycles. The van der Waals surface area contributed by atoms with Gasteiger partial charge < -0.3 is 5.11 Å². The second-order valence-electron chi connectivity index (χ2n) is 5.44. The summed E-state index contributed by atoms with van der Waals surface area (Å²) in [6.07, 6.45) is 3.17. The third-order valence-electron chi connectivity index (χ3n) is 3.44. The van der Waals surface area contributed by atoms with Gasteiger partial charge in [-0.25, -0.2) is 5.43 Å². The van der Waals surface area contributed by atoms with Crippen LogP contribution in [0.4, 0.5) is 0 Å². The van der Waals surface area contributed by atoms with Gasteiger partial charge in [0.2, 0.25) is 0 Å². The molecule has 132 valence electrons. The Kier molecular flexibility index (Phi) is 5.70. The lowest BCUT2D eigenvalue weighted by Gasteiger charge is -2.01. The first kappa shape index (κ1) is 18.2. The highest BCUT2D eigenvalue weighted by Gasteiger charge is 2.14. The molecule has 3 rings (SSSR count). The number of carbonyl (C=O) groups excluding carboxylic acids is 1. The second-order valence-corrected chi connectivity index (χ2v) is 6.73. The van der Waals surface area contributed by atoms with E-state index >= 15 is 0 Å². The smallest absolute Gasteiger partial charge is 0.293 e. The third-order valence-corrected chi connectivity index (χ3v) is 4.27. The highest BCUT2D eigenvalue weighted by atomic mass is 79.9. The predicted molar refractivity (Wildman–Crippen MR) is 104 cm³/mol. The average molecular weight is 434 g/mol. The Hall–Kier alpha value is -2.64. The molecule has 0 saturated carbocycles. The molecule has 26 heavy (non-hydrogen) atoms. The number of aromatic nitrogens is 2. The van der Waals surface area contributed by atoms with E-state index in [1.165, 1.54) is 12.3 Å². The first-order valence-corrected chi connectivity index (χ1v) is 8.78. The number of nitrogens with one attached hydrogen (secondary N) is 1. The Bertz CT molecular complexity index is 954. The molecule has 2 aromatic carbocycles. The topological polar surface area (TPSA) is 79.5 Å². The van der Waals surface area contributed by atoms with Gasteiger partial charge in [-0.2, -0.15) is 10.2 Å². The van der Waals surface area contributed by atoms with Crippen LogP contribution in [0.2, 0.25) is 5.02 Å². The minimum Gasteiger partial charge on any atom is -0.508 e. The molecule has 0 saturated heterocycles. The normalized spacial score (nSPS) is 11.0. The van der Waals surface area contributed by atoms with Crippen molar-refractivity contribution in [3.63, 3.8) is 0 Å². The fourth-order valence-corrected chi connectivity index (χ4v) is 2.85. The van der Waals surface area contributed by atoms with E-state index in [0.29, 0.717) is 21.6 Å². The molecule has 0 atom stereocenters. The van der Waals surface area contributed by atoms with Crippen LogP contribution < -0.4 is 5.43 Å². The van der Waals surface area contributed by atoms with Gasteiger partial charge in [0.1, 0.15) is 5.75 Å². The Balaban J connectivity index is 1.66. The molecule has 0 radical (unpaired) electrons. The van der Waals surface area contributed by atoms with E-state index in [0.717, 1.165) is 5.56 Å². The molecule has 0 aliphatic heterocycles. The van der Waals surface area contributed by atoms with Crippen LogP contribution in [0.5, 0.6) is 5.75 Å². The zero-order valence-electron chi connectivity index (χ0n) is 13.4. The first-order chi connectivity index (χ1) is 12.5. The van der Waals surface area contributed by atoms with Crippen LogP contribution in [0, 0.1) is 0 Å². The molecular weight excluding hydrogens is 420 g/mol. The maximum Gasteiger partial charge on any atom is 0.293 e. The van der Waals surface area contributed by atoms with Crippen LogP contribution >= 0.6 is 27.5 Å². The fourth-order valence-electron chi connectivity index (χ4n) is 2.23. The van der Waals surface area contributed by atoms with Crippen molar-refractivity contribution >= 4 is 39.7 Å². The van der Waals surface area contributed by atoms with Gasteiger partial charge in [0, 0.05) is 11.2 Å². The van der Waals surface area contributed by atoms with Gasteiger partial charge in [-0.1, -0.05) is 35.9 Å². The maximum atomic E-state index is 12.2. The summed E-state index contributed by atoms with van der Waals surface area (Å²) in [5, 5.41) is 18.2. The Morgan fingerprint density at radius 1 is 1.31 bits per heavy atom. The monoisotopic (exact) mass is 432 g/mol. The van der Waals surface area contributed by atoms with Crippen LogP contribution in [0.1, 0.15) is 21.6 Å². The number of aromatic hydroxyl groups is 1. The molecule has 0 aliphatic rings. The van der Waals surface area contributed by atoms with Crippen molar-refractivity contribution < 1.29 is 9.90 Å². The molecule has 0 aliphatic carbocycles. The Labute approximate surface area is 163 Å². The van der Waals surface area contributed by atoms with E-state index in [2.05, 4.69) is 31.6 Å². The van der Waals surface area contributed by atoms with Crippen molar-refractivity contribution in [1.29, 1.82) is 0 Å². The standard InChI is InChI=1S/C18H14BrClN4O2/c19-16-11-24(10-12-4-6-14(20)7-5-12)23-17(16)18(26)22-21-9-13-2-1-3-15(25)8-13/h1-9,11,25H,10H2,(H,22,26)/b21-9-. The molecule has 1 aromatic heterocycles. The molecule has 0 fully saturated rings. The number of benzene rings is 2. The number of rotatable bonds is 5. The number of hydrazone groups is 1. The lowest BCUT2D eigenvalue weighted by molar-refractivity contribution is 0.0948. The van der Waals surface area contributed by atoms with Gasteiger partial charge in [-0.15, -0.1) is 0 Å². The average Bonchev–Trinajstić information content (AvgIpc) is 2.97. The summed E-state index contributed by atoms with van der Waals surface area (Å²) in [4.78, 5) is 12.2. The number of amides is 1. The summed E-state index contributed by atoms with van der Waals surface area (Å²) in [6.45, 7) is 0.510. The molecule has 2 N–H and O–H groups in total. The summed E-state index contributed by atoms with van der Waals surface area (Å²) >= 11 is 9.22. The summed E-state index contributed by atoms with van der Waals surface area (Å²) in [6, 6.07) is 13.9. The highest BCUT2D eigenvalue weighted by molar-refractivity contribution is 9.10. The fraction of sp³-hybridized carbons (Fsp3) is 0.0556. The predicted octanol–water partition coefficient (Wildman–Crippen LogP) is 3.82.